The van der Waals surface area contributed by atoms with E-state index in [0.717, 1.165) is 11.3 Å². The molecule has 0 unspecified atom stereocenters. The highest BCUT2D eigenvalue weighted by atomic mass is 35.5. The van der Waals surface area contributed by atoms with Crippen LogP contribution in [0.1, 0.15) is 5.82 Å². The molecule has 0 saturated heterocycles. The topological polar surface area (TPSA) is 47.9 Å². The van der Waals surface area contributed by atoms with E-state index in [2.05, 4.69) is 15.2 Å². The highest BCUT2D eigenvalue weighted by molar-refractivity contribution is 6.31. The molecule has 4 nitrogen and oxygen atoms in total. The minimum atomic E-state index is 0.348. The number of halogens is 1. The van der Waals surface area contributed by atoms with E-state index in [0.29, 0.717) is 16.7 Å². The van der Waals surface area contributed by atoms with Crippen molar-refractivity contribution in [3.63, 3.8) is 0 Å². The van der Waals surface area contributed by atoms with Crippen molar-refractivity contribution in [2.45, 2.75) is 6.92 Å². The molecule has 5 heteroatoms. The van der Waals surface area contributed by atoms with E-state index < -0.39 is 0 Å². The summed E-state index contributed by atoms with van der Waals surface area (Å²) in [6.45, 7) is 1.74. The maximum Gasteiger partial charge on any atom is 0.159 e. The largest absolute Gasteiger partial charge is 0.497 e. The Morgan fingerprint density at radius 2 is 2.06 bits per heavy atom. The van der Waals surface area contributed by atoms with Gasteiger partial charge in [-0.05, 0) is 19.1 Å². The maximum atomic E-state index is 6.01. The number of rotatable bonds is 2. The average molecular weight is 236 g/mol. The number of hydrogen-bond donors (Lipinski definition) is 0. The smallest absolute Gasteiger partial charge is 0.159 e. The van der Waals surface area contributed by atoms with Gasteiger partial charge in [0.15, 0.2) is 5.15 Å². The van der Waals surface area contributed by atoms with Crippen LogP contribution in [0.15, 0.2) is 24.3 Å². The van der Waals surface area contributed by atoms with Crippen molar-refractivity contribution in [3.8, 4) is 17.0 Å². The second kappa shape index (κ2) is 4.45. The molecular weight excluding hydrogens is 226 g/mol. The predicted molar refractivity (Wildman–Crippen MR) is 61.6 cm³/mol. The molecule has 0 radical (unpaired) electrons. The standard InChI is InChI=1S/C11H10ClN3O/c1-7-13-11(12)10(15-14-7)8-4-3-5-9(6-8)16-2/h3-6H,1-2H3. The normalized spacial score (nSPS) is 10.2. The molecule has 2 rings (SSSR count). The fourth-order valence-corrected chi connectivity index (χ4v) is 1.60. The Balaban J connectivity index is 2.49. The molecule has 1 aromatic carbocycles. The zero-order valence-electron chi connectivity index (χ0n) is 8.94. The highest BCUT2D eigenvalue weighted by Crippen LogP contribution is 2.26. The van der Waals surface area contributed by atoms with Crippen LogP contribution in [0.3, 0.4) is 0 Å². The molecule has 0 aliphatic heterocycles. The van der Waals surface area contributed by atoms with Crippen LogP contribution in [0.2, 0.25) is 5.15 Å². The summed E-state index contributed by atoms with van der Waals surface area (Å²) < 4.78 is 5.13. The number of aryl methyl sites for hydroxylation is 1. The zero-order chi connectivity index (χ0) is 11.5. The van der Waals surface area contributed by atoms with Gasteiger partial charge in [-0.15, -0.1) is 10.2 Å². The Morgan fingerprint density at radius 3 is 2.75 bits per heavy atom. The second-order valence-electron chi connectivity index (χ2n) is 3.23. The van der Waals surface area contributed by atoms with Gasteiger partial charge in [-0.1, -0.05) is 23.7 Å². The monoisotopic (exact) mass is 235 g/mol. The molecule has 0 N–H and O–H groups in total. The van der Waals surface area contributed by atoms with E-state index in [1.807, 2.05) is 24.3 Å². The first-order valence-electron chi connectivity index (χ1n) is 4.72. The molecule has 0 bridgehead atoms. The molecule has 0 fully saturated rings. The van der Waals surface area contributed by atoms with Crippen LogP contribution in [0.4, 0.5) is 0 Å². The van der Waals surface area contributed by atoms with Crippen LogP contribution >= 0.6 is 11.6 Å². The summed E-state index contributed by atoms with van der Waals surface area (Å²) in [6.07, 6.45) is 0. The maximum absolute atomic E-state index is 6.01. The number of nitrogens with zero attached hydrogens (tertiary/aromatic N) is 3. The summed E-state index contributed by atoms with van der Waals surface area (Å²) in [4.78, 5) is 4.06. The quantitative estimate of drug-likeness (QED) is 0.803. The molecule has 16 heavy (non-hydrogen) atoms. The molecule has 0 spiro atoms. The third kappa shape index (κ3) is 2.12. The van der Waals surface area contributed by atoms with Gasteiger partial charge in [0.25, 0.3) is 0 Å². The summed E-state index contributed by atoms with van der Waals surface area (Å²) in [5.74, 6) is 1.30. The molecule has 0 atom stereocenters. The van der Waals surface area contributed by atoms with E-state index in [9.17, 15) is 0 Å². The Labute approximate surface area is 98.3 Å². The summed E-state index contributed by atoms with van der Waals surface area (Å²) in [5, 5.41) is 8.26. The Morgan fingerprint density at radius 1 is 1.25 bits per heavy atom. The van der Waals surface area contributed by atoms with Gasteiger partial charge in [-0.3, -0.25) is 0 Å². The van der Waals surface area contributed by atoms with E-state index >= 15 is 0 Å². The number of hydrogen-bond acceptors (Lipinski definition) is 4. The van der Waals surface area contributed by atoms with Gasteiger partial charge in [0.2, 0.25) is 0 Å². The molecule has 0 amide bonds. The Hall–Kier alpha value is -1.68. The van der Waals surface area contributed by atoms with Gasteiger partial charge in [0.1, 0.15) is 17.3 Å². The fourth-order valence-electron chi connectivity index (χ4n) is 1.33. The number of ether oxygens (including phenoxy) is 1. The van der Waals surface area contributed by atoms with Gasteiger partial charge in [-0.25, -0.2) is 4.98 Å². The highest BCUT2D eigenvalue weighted by Gasteiger charge is 2.08. The van der Waals surface area contributed by atoms with Gasteiger partial charge in [-0.2, -0.15) is 0 Å². The van der Waals surface area contributed by atoms with Crippen LogP contribution in [0.25, 0.3) is 11.3 Å². The van der Waals surface area contributed by atoms with Gasteiger partial charge in [0, 0.05) is 5.56 Å². The van der Waals surface area contributed by atoms with Crippen molar-refractivity contribution in [2.24, 2.45) is 0 Å². The van der Waals surface area contributed by atoms with Crippen LogP contribution in [-0.2, 0) is 0 Å². The lowest BCUT2D eigenvalue weighted by molar-refractivity contribution is 0.415. The molecule has 82 valence electrons. The summed E-state index contributed by atoms with van der Waals surface area (Å²) >= 11 is 6.01. The van der Waals surface area contributed by atoms with Gasteiger partial charge in [0.05, 0.1) is 7.11 Å². The lowest BCUT2D eigenvalue weighted by Crippen LogP contribution is -1.96. The van der Waals surface area contributed by atoms with E-state index in [4.69, 9.17) is 16.3 Å². The van der Waals surface area contributed by atoms with Crippen molar-refractivity contribution in [1.82, 2.24) is 15.2 Å². The first-order valence-corrected chi connectivity index (χ1v) is 5.10. The third-order valence-electron chi connectivity index (χ3n) is 2.09. The van der Waals surface area contributed by atoms with Crippen molar-refractivity contribution in [2.75, 3.05) is 7.11 Å². The van der Waals surface area contributed by atoms with Gasteiger partial charge < -0.3 is 4.74 Å². The molecule has 0 aliphatic carbocycles. The molecule has 0 saturated carbocycles. The first-order chi connectivity index (χ1) is 7.70. The van der Waals surface area contributed by atoms with Crippen molar-refractivity contribution in [1.29, 1.82) is 0 Å². The summed E-state index contributed by atoms with van der Waals surface area (Å²) in [7, 11) is 1.61. The first kappa shape index (κ1) is 10.8. The van der Waals surface area contributed by atoms with Crippen molar-refractivity contribution >= 4 is 11.6 Å². The number of aromatic nitrogens is 3. The van der Waals surface area contributed by atoms with E-state index in [1.54, 1.807) is 14.0 Å². The van der Waals surface area contributed by atoms with Crippen LogP contribution in [0.5, 0.6) is 5.75 Å². The number of benzene rings is 1. The summed E-state index contributed by atoms with van der Waals surface area (Å²) in [5.41, 5.74) is 1.40. The second-order valence-corrected chi connectivity index (χ2v) is 3.59. The van der Waals surface area contributed by atoms with Gasteiger partial charge >= 0.3 is 0 Å². The minimum Gasteiger partial charge on any atom is -0.497 e. The SMILES string of the molecule is COc1cccc(-c2nnc(C)nc2Cl)c1. The molecule has 0 aliphatic rings. The Bertz CT molecular complexity index is 516. The van der Waals surface area contributed by atoms with Crippen LogP contribution in [0, 0.1) is 6.92 Å². The van der Waals surface area contributed by atoms with E-state index in [-0.39, 0.29) is 0 Å². The van der Waals surface area contributed by atoms with Crippen LogP contribution in [-0.4, -0.2) is 22.3 Å². The molecule has 1 heterocycles. The Kier molecular flexibility index (Phi) is 3.01. The lowest BCUT2D eigenvalue weighted by atomic mass is 10.1. The average Bonchev–Trinajstić information content (AvgIpc) is 2.29. The van der Waals surface area contributed by atoms with E-state index in [1.165, 1.54) is 0 Å². The van der Waals surface area contributed by atoms with Crippen molar-refractivity contribution in [3.05, 3.63) is 35.2 Å². The van der Waals surface area contributed by atoms with Crippen LogP contribution < -0.4 is 4.74 Å². The van der Waals surface area contributed by atoms with Crippen molar-refractivity contribution < 1.29 is 4.74 Å². The molecule has 1 aromatic heterocycles. The molecule has 2 aromatic rings. The fraction of sp³-hybridized carbons (Fsp3) is 0.182. The number of methoxy groups -OCH3 is 1. The summed E-state index contributed by atoms with van der Waals surface area (Å²) in [6, 6.07) is 7.45. The lowest BCUT2D eigenvalue weighted by Gasteiger charge is -2.04. The predicted octanol–water partition coefficient (Wildman–Crippen LogP) is 2.51. The molecular formula is C11H10ClN3O. The minimum absolute atomic E-state index is 0.348. The third-order valence-corrected chi connectivity index (χ3v) is 2.36. The zero-order valence-corrected chi connectivity index (χ0v) is 9.69.